The minimum absolute atomic E-state index is 0.113. The van der Waals surface area contributed by atoms with Gasteiger partial charge in [0.25, 0.3) is 5.91 Å². The van der Waals surface area contributed by atoms with Crippen LogP contribution in [0.4, 0.5) is 5.69 Å². The van der Waals surface area contributed by atoms with E-state index in [1.165, 1.54) is 24.3 Å². The molecule has 0 bridgehead atoms. The third-order valence-corrected chi connectivity index (χ3v) is 4.17. The van der Waals surface area contributed by atoms with Gasteiger partial charge in [0.1, 0.15) is 18.1 Å². The van der Waals surface area contributed by atoms with Gasteiger partial charge >= 0.3 is 0 Å². The molecule has 0 aliphatic carbocycles. The number of nitrogens with one attached hydrogen (secondary N) is 1. The van der Waals surface area contributed by atoms with Gasteiger partial charge in [0.15, 0.2) is 0 Å². The van der Waals surface area contributed by atoms with Crippen LogP contribution >= 0.6 is 0 Å². The molecule has 3 aromatic rings. The van der Waals surface area contributed by atoms with Gasteiger partial charge in [0.05, 0.1) is 37.2 Å². The van der Waals surface area contributed by atoms with Gasteiger partial charge in [0, 0.05) is 5.56 Å². The third kappa shape index (κ3) is 5.02. The monoisotopic (exact) mass is 389 g/mol. The van der Waals surface area contributed by atoms with Gasteiger partial charge in [-0.2, -0.15) is 5.26 Å². The number of amides is 2. The number of hydrogen-bond acceptors (Lipinski definition) is 5. The van der Waals surface area contributed by atoms with Crippen LogP contribution in [0.1, 0.15) is 21.7 Å². The molecule has 0 unspecified atom stereocenters. The minimum atomic E-state index is -0.383. The topological polar surface area (TPSA) is 95.6 Å². The van der Waals surface area contributed by atoms with Gasteiger partial charge in [0.2, 0.25) is 5.91 Å². The number of hydrogen-bond donors (Lipinski definition) is 1. The van der Waals surface area contributed by atoms with Crippen molar-refractivity contribution in [1.82, 2.24) is 4.90 Å². The molecule has 3 rings (SSSR count). The van der Waals surface area contributed by atoms with Crippen LogP contribution in [0.2, 0.25) is 0 Å². The van der Waals surface area contributed by atoms with E-state index in [4.69, 9.17) is 14.4 Å². The van der Waals surface area contributed by atoms with Crippen LogP contribution < -0.4 is 10.1 Å². The van der Waals surface area contributed by atoms with E-state index in [-0.39, 0.29) is 24.9 Å². The molecule has 7 heteroatoms. The number of nitrogens with zero attached hydrogens (tertiary/aromatic N) is 2. The first-order chi connectivity index (χ1) is 14.1. The number of carbonyl (C=O) groups excluding carboxylic acids is 2. The number of carbonyl (C=O) groups is 2. The van der Waals surface area contributed by atoms with E-state index in [1.54, 1.807) is 54.6 Å². The Hall–Kier alpha value is -4.05. The highest BCUT2D eigenvalue weighted by atomic mass is 16.5. The second-order valence-electron chi connectivity index (χ2n) is 6.18. The van der Waals surface area contributed by atoms with E-state index in [0.717, 1.165) is 0 Å². The normalized spacial score (nSPS) is 10.1. The predicted molar refractivity (Wildman–Crippen MR) is 106 cm³/mol. The van der Waals surface area contributed by atoms with E-state index in [0.29, 0.717) is 28.3 Å². The van der Waals surface area contributed by atoms with Crippen LogP contribution in [-0.4, -0.2) is 30.4 Å². The third-order valence-electron chi connectivity index (χ3n) is 4.17. The average molecular weight is 389 g/mol. The lowest BCUT2D eigenvalue weighted by atomic mass is 10.1. The molecule has 29 heavy (non-hydrogen) atoms. The first-order valence-corrected chi connectivity index (χ1v) is 8.85. The van der Waals surface area contributed by atoms with Gasteiger partial charge in [-0.15, -0.1) is 0 Å². The van der Waals surface area contributed by atoms with E-state index >= 15 is 0 Å². The van der Waals surface area contributed by atoms with Crippen molar-refractivity contribution in [2.24, 2.45) is 0 Å². The Balaban J connectivity index is 1.80. The van der Waals surface area contributed by atoms with Crippen molar-refractivity contribution in [3.8, 4) is 11.8 Å². The maximum atomic E-state index is 13.0. The van der Waals surface area contributed by atoms with Gasteiger partial charge < -0.3 is 19.4 Å². The zero-order valence-corrected chi connectivity index (χ0v) is 15.8. The Bertz CT molecular complexity index is 1040. The van der Waals surface area contributed by atoms with Gasteiger partial charge in [-0.1, -0.05) is 18.2 Å². The fraction of sp³-hybridized carbons (Fsp3) is 0.136. The maximum absolute atomic E-state index is 13.0. The molecule has 0 spiro atoms. The Morgan fingerprint density at radius 3 is 2.69 bits per heavy atom. The van der Waals surface area contributed by atoms with Crippen molar-refractivity contribution in [3.63, 3.8) is 0 Å². The molecular formula is C22H19N3O4. The summed E-state index contributed by atoms with van der Waals surface area (Å²) >= 11 is 0. The number of nitriles is 1. The molecule has 0 saturated carbocycles. The van der Waals surface area contributed by atoms with Crippen molar-refractivity contribution in [3.05, 3.63) is 83.8 Å². The molecule has 2 amide bonds. The molecule has 0 aliphatic rings. The molecule has 0 radical (unpaired) electrons. The fourth-order valence-electron chi connectivity index (χ4n) is 2.81. The number of methoxy groups -OCH3 is 1. The van der Waals surface area contributed by atoms with E-state index < -0.39 is 0 Å². The van der Waals surface area contributed by atoms with Gasteiger partial charge in [-0.25, -0.2) is 0 Å². The fourth-order valence-corrected chi connectivity index (χ4v) is 2.81. The summed E-state index contributed by atoms with van der Waals surface area (Å²) in [6.07, 6.45) is 1.50. The number of rotatable bonds is 7. The Kier molecular flexibility index (Phi) is 6.28. The molecule has 1 heterocycles. The van der Waals surface area contributed by atoms with Crippen LogP contribution in [-0.2, 0) is 11.3 Å². The molecule has 0 atom stereocenters. The second kappa shape index (κ2) is 9.24. The number of benzene rings is 2. The molecule has 0 saturated heterocycles. The second-order valence-corrected chi connectivity index (χ2v) is 6.18. The Morgan fingerprint density at radius 2 is 1.97 bits per heavy atom. The highest BCUT2D eigenvalue weighted by molar-refractivity contribution is 6.00. The van der Waals surface area contributed by atoms with Crippen LogP contribution in [0.3, 0.4) is 0 Å². The standard InChI is InChI=1S/C22H19N3O4/c1-28-20-10-3-2-9-19(20)24-21(26)15-25(14-18-8-5-11-29-18)22(27)17-7-4-6-16(12-17)13-23/h2-12H,14-15H2,1H3,(H,24,26). The highest BCUT2D eigenvalue weighted by Crippen LogP contribution is 2.23. The number of para-hydroxylation sites is 2. The lowest BCUT2D eigenvalue weighted by molar-refractivity contribution is -0.117. The van der Waals surface area contributed by atoms with E-state index in [9.17, 15) is 9.59 Å². The first-order valence-electron chi connectivity index (χ1n) is 8.85. The molecule has 1 aromatic heterocycles. The van der Waals surface area contributed by atoms with Crippen LogP contribution in [0.25, 0.3) is 0 Å². The van der Waals surface area contributed by atoms with E-state index in [1.807, 2.05) is 6.07 Å². The molecule has 7 nitrogen and oxygen atoms in total. The van der Waals surface area contributed by atoms with Crippen molar-refractivity contribution >= 4 is 17.5 Å². The Labute approximate surface area is 168 Å². The lowest BCUT2D eigenvalue weighted by Crippen LogP contribution is -2.37. The number of anilines is 1. The molecule has 1 N–H and O–H groups in total. The first kappa shape index (κ1) is 19.7. The summed E-state index contributed by atoms with van der Waals surface area (Å²) in [5.41, 5.74) is 1.20. The van der Waals surface area contributed by atoms with Crippen molar-refractivity contribution in [1.29, 1.82) is 5.26 Å². The molecule has 0 aliphatic heterocycles. The maximum Gasteiger partial charge on any atom is 0.254 e. The summed E-state index contributed by atoms with van der Waals surface area (Å²) in [5.74, 6) is 0.297. The summed E-state index contributed by atoms with van der Waals surface area (Å²) < 4.78 is 10.6. The highest BCUT2D eigenvalue weighted by Gasteiger charge is 2.21. The predicted octanol–water partition coefficient (Wildman–Crippen LogP) is 3.44. The molecule has 146 valence electrons. The molecular weight excluding hydrogens is 370 g/mol. The van der Waals surface area contributed by atoms with Gasteiger partial charge in [-0.3, -0.25) is 9.59 Å². The SMILES string of the molecule is COc1ccccc1NC(=O)CN(Cc1ccco1)C(=O)c1cccc(C#N)c1. The zero-order valence-electron chi connectivity index (χ0n) is 15.8. The van der Waals surface area contributed by atoms with Crippen LogP contribution in [0, 0.1) is 11.3 Å². The van der Waals surface area contributed by atoms with Crippen LogP contribution in [0.15, 0.2) is 71.3 Å². The van der Waals surface area contributed by atoms with Crippen molar-refractivity contribution in [2.75, 3.05) is 19.0 Å². The minimum Gasteiger partial charge on any atom is -0.495 e. The quantitative estimate of drug-likeness (QED) is 0.668. The molecule has 2 aromatic carbocycles. The largest absolute Gasteiger partial charge is 0.495 e. The smallest absolute Gasteiger partial charge is 0.254 e. The summed E-state index contributed by atoms with van der Waals surface area (Å²) in [6.45, 7) is -0.0870. The average Bonchev–Trinajstić information content (AvgIpc) is 3.26. The summed E-state index contributed by atoms with van der Waals surface area (Å²) in [4.78, 5) is 27.0. The molecule has 0 fully saturated rings. The van der Waals surface area contributed by atoms with Crippen LogP contribution in [0.5, 0.6) is 5.75 Å². The zero-order chi connectivity index (χ0) is 20.6. The summed E-state index contributed by atoms with van der Waals surface area (Å²) in [6, 6.07) is 18.8. The number of furan rings is 1. The summed E-state index contributed by atoms with van der Waals surface area (Å²) in [5, 5.41) is 11.8. The van der Waals surface area contributed by atoms with Crippen molar-refractivity contribution in [2.45, 2.75) is 6.54 Å². The Morgan fingerprint density at radius 1 is 1.14 bits per heavy atom. The number of ether oxygens (including phenoxy) is 1. The summed E-state index contributed by atoms with van der Waals surface area (Å²) in [7, 11) is 1.51. The lowest BCUT2D eigenvalue weighted by Gasteiger charge is -2.22. The van der Waals surface area contributed by atoms with Crippen molar-refractivity contribution < 1.29 is 18.7 Å². The van der Waals surface area contributed by atoms with E-state index in [2.05, 4.69) is 5.32 Å². The van der Waals surface area contributed by atoms with Gasteiger partial charge in [-0.05, 0) is 42.5 Å².